The normalized spacial score (nSPS) is 34.2. The highest BCUT2D eigenvalue weighted by molar-refractivity contribution is 5.78. The molecule has 8 nitrogen and oxygen atoms in total. The van der Waals surface area contributed by atoms with Crippen LogP contribution in [0.2, 0.25) is 0 Å². The van der Waals surface area contributed by atoms with Crippen molar-refractivity contribution in [2.24, 2.45) is 21.7 Å². The van der Waals surface area contributed by atoms with Crippen molar-refractivity contribution < 1.29 is 28.8 Å². The molecule has 1 N–H and O–H groups in total. The summed E-state index contributed by atoms with van der Waals surface area (Å²) in [4.78, 5) is 7.41. The van der Waals surface area contributed by atoms with Crippen molar-refractivity contribution in [2.45, 2.75) is 64.3 Å². The molecule has 0 radical (unpaired) electrons. The molecule has 2 aliphatic carbocycles. The molecule has 0 saturated heterocycles. The van der Waals surface area contributed by atoms with E-state index in [2.05, 4.69) is 31.7 Å². The Morgan fingerprint density at radius 2 is 1.70 bits per heavy atom. The minimum Gasteiger partial charge on any atom is -0.459 e. The molecule has 8 rings (SSSR count). The Morgan fingerprint density at radius 3 is 2.49 bits per heavy atom. The number of hydrogen-bond acceptors (Lipinski definition) is 8. The maximum Gasteiger partial charge on any atom is 0.288 e. The predicted molar refractivity (Wildman–Crippen MR) is 134 cm³/mol. The van der Waals surface area contributed by atoms with Crippen molar-refractivity contribution in [1.29, 1.82) is 0 Å². The molecule has 4 heterocycles. The van der Waals surface area contributed by atoms with Crippen LogP contribution in [-0.4, -0.2) is 48.3 Å². The molecule has 6 atom stereocenters. The molecule has 37 heavy (non-hydrogen) atoms. The summed E-state index contributed by atoms with van der Waals surface area (Å²) in [5.41, 5.74) is 3.22. The van der Waals surface area contributed by atoms with Gasteiger partial charge in [0.05, 0.1) is 12.1 Å². The van der Waals surface area contributed by atoms with Gasteiger partial charge in [0.15, 0.2) is 23.0 Å². The molecular weight excluding hydrogens is 472 g/mol. The third-order valence-electron chi connectivity index (χ3n) is 10.4. The van der Waals surface area contributed by atoms with E-state index < -0.39 is 12.1 Å². The van der Waals surface area contributed by atoms with Gasteiger partial charge in [-0.25, -0.2) is 4.99 Å². The number of fused-ring (bicyclic) bond motifs is 8. The minimum atomic E-state index is -0.843. The van der Waals surface area contributed by atoms with Gasteiger partial charge in [0.2, 0.25) is 13.6 Å². The first-order valence-corrected chi connectivity index (χ1v) is 13.4. The van der Waals surface area contributed by atoms with Gasteiger partial charge in [-0.1, -0.05) is 26.8 Å². The highest BCUT2D eigenvalue weighted by Gasteiger charge is 2.69. The molecule has 2 aromatic carbocycles. The van der Waals surface area contributed by atoms with Gasteiger partial charge >= 0.3 is 0 Å². The lowest BCUT2D eigenvalue weighted by Gasteiger charge is -2.42. The number of amidine groups is 1. The fourth-order valence-electron chi connectivity index (χ4n) is 7.90. The summed E-state index contributed by atoms with van der Waals surface area (Å²) in [5, 5.41) is 11.9. The summed E-state index contributed by atoms with van der Waals surface area (Å²) in [5.74, 6) is 3.34. The van der Waals surface area contributed by atoms with Gasteiger partial charge in [-0.05, 0) is 71.6 Å². The Balaban J connectivity index is 1.21. The van der Waals surface area contributed by atoms with Crippen LogP contribution in [0, 0.1) is 16.7 Å². The summed E-state index contributed by atoms with van der Waals surface area (Å²) in [6, 6.07) is 10.2. The number of nitrogens with zero attached hydrogens (tertiary/aromatic N) is 2. The van der Waals surface area contributed by atoms with Crippen molar-refractivity contribution in [3.8, 4) is 23.0 Å². The van der Waals surface area contributed by atoms with E-state index in [1.54, 1.807) is 0 Å². The van der Waals surface area contributed by atoms with Crippen molar-refractivity contribution in [3.05, 3.63) is 47.0 Å². The fraction of sp³-hybridized carbons (Fsp3) is 0.552. The lowest BCUT2D eigenvalue weighted by Crippen LogP contribution is -2.45. The number of ether oxygens (including phenoxy) is 5. The molecule has 0 unspecified atom stereocenters. The zero-order chi connectivity index (χ0) is 25.1. The number of hydrogen-bond donors (Lipinski definition) is 1. The first kappa shape index (κ1) is 21.9. The van der Waals surface area contributed by atoms with Crippen LogP contribution in [0.1, 0.15) is 62.4 Å². The predicted octanol–water partition coefficient (Wildman–Crippen LogP) is 4.36. The van der Waals surface area contributed by atoms with Crippen molar-refractivity contribution in [3.63, 3.8) is 0 Å². The Labute approximate surface area is 216 Å². The fourth-order valence-corrected chi connectivity index (χ4v) is 7.90. The maximum atomic E-state index is 11.9. The number of aliphatic hydroxyl groups is 1. The number of aliphatic imine (C=N–C) groups is 1. The summed E-state index contributed by atoms with van der Waals surface area (Å²) in [6.45, 7) is 8.25. The van der Waals surface area contributed by atoms with Crippen LogP contribution in [0.25, 0.3) is 0 Å². The zero-order valence-electron chi connectivity index (χ0n) is 21.4. The number of benzene rings is 2. The second kappa shape index (κ2) is 7.25. The topological polar surface area (TPSA) is 82.0 Å². The van der Waals surface area contributed by atoms with E-state index in [0.717, 1.165) is 28.9 Å². The average molecular weight is 505 g/mol. The molecule has 0 spiro atoms. The average Bonchev–Trinajstić information content (AvgIpc) is 3.69. The quantitative estimate of drug-likeness (QED) is 0.651. The molecule has 4 aliphatic heterocycles. The highest BCUT2D eigenvalue weighted by atomic mass is 16.7. The van der Waals surface area contributed by atoms with Crippen LogP contribution in [-0.2, 0) is 11.2 Å². The van der Waals surface area contributed by atoms with Gasteiger partial charge in [-0.2, -0.15) is 0 Å². The molecule has 2 fully saturated rings. The van der Waals surface area contributed by atoms with Crippen molar-refractivity contribution in [1.82, 2.24) is 4.90 Å². The molecular formula is C29H32N2O6. The standard InChI is InChI=1S/C29H32N2O6/c1-28(2)18-6-8-29(28,3)26-23(18)30-27(37-26)31-9-7-15-10-21-22(36-14-35-21)12-17(15)24(31)25(32)16-4-5-19-20(11-16)34-13-33-19/h4-5,10-12,18,23-26,32H,6-9,13-14H2,1-3H3/t18-,23-,24+,25-,26-,29+/m1/s1. The van der Waals surface area contributed by atoms with E-state index >= 15 is 0 Å². The van der Waals surface area contributed by atoms with E-state index in [0.29, 0.717) is 35.7 Å². The van der Waals surface area contributed by atoms with Gasteiger partial charge in [0.1, 0.15) is 12.2 Å². The van der Waals surface area contributed by atoms with E-state index in [4.69, 9.17) is 28.7 Å². The monoisotopic (exact) mass is 504 g/mol. The van der Waals surface area contributed by atoms with E-state index in [9.17, 15) is 5.11 Å². The zero-order valence-corrected chi connectivity index (χ0v) is 21.4. The van der Waals surface area contributed by atoms with Gasteiger partial charge in [-0.15, -0.1) is 0 Å². The number of rotatable bonds is 2. The molecule has 194 valence electrons. The summed E-state index contributed by atoms with van der Waals surface area (Å²) < 4.78 is 29.3. The van der Waals surface area contributed by atoms with E-state index in [-0.39, 0.29) is 36.6 Å². The third-order valence-corrected chi connectivity index (χ3v) is 10.4. The molecule has 2 saturated carbocycles. The molecule has 2 bridgehead atoms. The largest absolute Gasteiger partial charge is 0.459 e. The Bertz CT molecular complexity index is 1340. The number of aliphatic hydroxyl groups excluding tert-OH is 1. The van der Waals surface area contributed by atoms with Crippen LogP contribution in [0.15, 0.2) is 35.3 Å². The highest BCUT2D eigenvalue weighted by Crippen LogP contribution is 2.68. The SMILES string of the molecule is CC1(C)[C@@H]2CC[C@@]1(C)[C@@H]1OC(N3CCc4cc5c(cc4[C@H]3[C@H](O)c3ccc4c(c3)OCO4)OCO5)=N[C@H]21. The van der Waals surface area contributed by atoms with Crippen LogP contribution in [0.4, 0.5) is 0 Å². The maximum absolute atomic E-state index is 11.9. The van der Waals surface area contributed by atoms with Crippen molar-refractivity contribution in [2.75, 3.05) is 20.1 Å². The van der Waals surface area contributed by atoms with Gasteiger partial charge in [-0.3, -0.25) is 0 Å². The second-order valence-electron chi connectivity index (χ2n) is 12.1. The van der Waals surface area contributed by atoms with Gasteiger partial charge in [0, 0.05) is 12.0 Å². The second-order valence-corrected chi connectivity index (χ2v) is 12.1. The molecule has 8 heteroatoms. The molecule has 6 aliphatic rings. The Morgan fingerprint density at radius 1 is 0.973 bits per heavy atom. The molecule has 2 aromatic rings. The first-order chi connectivity index (χ1) is 17.8. The van der Waals surface area contributed by atoms with Crippen LogP contribution in [0.3, 0.4) is 0 Å². The Kier molecular flexibility index (Phi) is 4.29. The summed E-state index contributed by atoms with van der Waals surface area (Å²) >= 11 is 0. The van der Waals surface area contributed by atoms with Gasteiger partial charge in [0.25, 0.3) is 6.02 Å². The Hall–Kier alpha value is -3.13. The van der Waals surface area contributed by atoms with Crippen LogP contribution in [0.5, 0.6) is 23.0 Å². The first-order valence-electron chi connectivity index (χ1n) is 13.4. The van der Waals surface area contributed by atoms with Crippen LogP contribution >= 0.6 is 0 Å². The summed E-state index contributed by atoms with van der Waals surface area (Å²) in [7, 11) is 0. The van der Waals surface area contributed by atoms with E-state index in [1.807, 2.05) is 24.3 Å². The third kappa shape index (κ3) is 2.79. The van der Waals surface area contributed by atoms with E-state index in [1.165, 1.54) is 12.8 Å². The smallest absolute Gasteiger partial charge is 0.288 e. The lowest BCUT2D eigenvalue weighted by atomic mass is 9.70. The van der Waals surface area contributed by atoms with Gasteiger partial charge < -0.3 is 33.7 Å². The van der Waals surface area contributed by atoms with Crippen molar-refractivity contribution >= 4 is 6.02 Å². The lowest BCUT2D eigenvalue weighted by molar-refractivity contribution is 0.00520. The minimum absolute atomic E-state index is 0.0812. The van der Waals surface area contributed by atoms with Crippen LogP contribution < -0.4 is 18.9 Å². The summed E-state index contributed by atoms with van der Waals surface area (Å²) in [6.07, 6.45) is 2.41. The molecule has 0 aromatic heterocycles. The molecule has 0 amide bonds.